The maximum atomic E-state index is 12.7. The van der Waals surface area contributed by atoms with E-state index in [1.165, 1.54) is 6.20 Å². The molecule has 11 heteroatoms. The SMILES string of the molecule is Cc1nc(S(=O)(=O)NCCC(=O)N2CCNCC2c2cccnc2)cn1C.Cl. The number of aromatic nitrogens is 3. The summed E-state index contributed by atoms with van der Waals surface area (Å²) >= 11 is 0. The molecule has 9 nitrogen and oxygen atoms in total. The summed E-state index contributed by atoms with van der Waals surface area (Å²) in [6.45, 7) is 3.69. The smallest absolute Gasteiger partial charge is 0.259 e. The first-order valence-corrected chi connectivity index (χ1v) is 10.3. The van der Waals surface area contributed by atoms with E-state index in [0.717, 1.165) is 5.56 Å². The Bertz CT molecular complexity index is 883. The lowest BCUT2D eigenvalue weighted by Crippen LogP contribution is -2.49. The third-order valence-corrected chi connectivity index (χ3v) is 5.96. The van der Waals surface area contributed by atoms with Crippen LogP contribution < -0.4 is 10.0 Å². The van der Waals surface area contributed by atoms with Gasteiger partial charge in [0.2, 0.25) is 5.91 Å². The van der Waals surface area contributed by atoms with Gasteiger partial charge >= 0.3 is 0 Å². The van der Waals surface area contributed by atoms with E-state index in [9.17, 15) is 13.2 Å². The van der Waals surface area contributed by atoms with Crippen molar-refractivity contribution in [3.05, 3.63) is 42.1 Å². The fourth-order valence-electron chi connectivity index (χ4n) is 3.04. The third-order valence-electron chi connectivity index (χ3n) is 4.63. The largest absolute Gasteiger partial charge is 0.337 e. The monoisotopic (exact) mass is 428 g/mol. The fraction of sp³-hybridized carbons (Fsp3) is 0.471. The number of carbonyl (C=O) groups is 1. The molecule has 0 radical (unpaired) electrons. The first-order chi connectivity index (χ1) is 12.9. The van der Waals surface area contributed by atoms with Crippen molar-refractivity contribution in [2.24, 2.45) is 7.05 Å². The number of carbonyl (C=O) groups excluding carboxylic acids is 1. The van der Waals surface area contributed by atoms with Crippen LogP contribution in [0.2, 0.25) is 0 Å². The van der Waals surface area contributed by atoms with Gasteiger partial charge in [0.05, 0.1) is 6.04 Å². The van der Waals surface area contributed by atoms with Gasteiger partial charge in [-0.1, -0.05) is 6.07 Å². The van der Waals surface area contributed by atoms with Gasteiger partial charge < -0.3 is 14.8 Å². The summed E-state index contributed by atoms with van der Waals surface area (Å²) in [6, 6.07) is 3.68. The number of aryl methyl sites for hydroxylation is 2. The normalized spacial score (nSPS) is 17.2. The molecule has 0 bridgehead atoms. The van der Waals surface area contributed by atoms with Crippen LogP contribution in [0.25, 0.3) is 0 Å². The summed E-state index contributed by atoms with van der Waals surface area (Å²) in [5, 5.41) is 3.25. The van der Waals surface area contributed by atoms with E-state index >= 15 is 0 Å². The molecule has 1 aliphatic rings. The summed E-state index contributed by atoms with van der Waals surface area (Å²) in [5.74, 6) is 0.511. The Balaban J connectivity index is 0.00000280. The molecular formula is C17H25ClN6O3S. The molecule has 1 atom stereocenters. The van der Waals surface area contributed by atoms with E-state index in [2.05, 4.69) is 20.0 Å². The van der Waals surface area contributed by atoms with Crippen molar-refractivity contribution in [2.45, 2.75) is 24.4 Å². The second kappa shape index (κ2) is 9.46. The van der Waals surface area contributed by atoms with Crippen LogP contribution in [-0.4, -0.2) is 59.9 Å². The molecule has 3 rings (SSSR count). The van der Waals surface area contributed by atoms with Crippen molar-refractivity contribution in [1.29, 1.82) is 0 Å². The number of amides is 1. The van der Waals surface area contributed by atoms with Crippen molar-refractivity contribution < 1.29 is 13.2 Å². The molecule has 154 valence electrons. The highest BCUT2D eigenvalue weighted by molar-refractivity contribution is 7.89. The van der Waals surface area contributed by atoms with Crippen molar-refractivity contribution in [1.82, 2.24) is 29.5 Å². The summed E-state index contributed by atoms with van der Waals surface area (Å²) in [7, 11) is -2.00. The predicted molar refractivity (Wildman–Crippen MR) is 107 cm³/mol. The average molecular weight is 429 g/mol. The lowest BCUT2D eigenvalue weighted by atomic mass is 10.0. The number of hydrogen-bond acceptors (Lipinski definition) is 6. The molecule has 1 saturated heterocycles. The van der Waals surface area contributed by atoms with Crippen LogP contribution in [0.1, 0.15) is 23.9 Å². The lowest BCUT2D eigenvalue weighted by Gasteiger charge is -2.36. The van der Waals surface area contributed by atoms with Crippen molar-refractivity contribution in [3.63, 3.8) is 0 Å². The van der Waals surface area contributed by atoms with E-state index in [1.54, 1.807) is 35.8 Å². The molecule has 1 amide bonds. The van der Waals surface area contributed by atoms with Gasteiger partial charge in [0.15, 0.2) is 5.03 Å². The molecule has 2 aromatic heterocycles. The summed E-state index contributed by atoms with van der Waals surface area (Å²) in [5.41, 5.74) is 0.961. The Morgan fingerprint density at radius 3 is 2.86 bits per heavy atom. The van der Waals surface area contributed by atoms with E-state index in [0.29, 0.717) is 25.5 Å². The van der Waals surface area contributed by atoms with E-state index in [-0.39, 0.29) is 42.3 Å². The number of sulfonamides is 1. The third kappa shape index (κ3) is 5.07. The number of rotatable bonds is 6. The van der Waals surface area contributed by atoms with Crippen LogP contribution in [-0.2, 0) is 21.9 Å². The number of halogens is 1. The highest BCUT2D eigenvalue weighted by Gasteiger charge is 2.28. The van der Waals surface area contributed by atoms with Crippen LogP contribution in [0, 0.1) is 6.92 Å². The maximum Gasteiger partial charge on any atom is 0.259 e. The van der Waals surface area contributed by atoms with Gasteiger partial charge in [-0.15, -0.1) is 12.4 Å². The molecule has 0 aromatic carbocycles. The Kier molecular flexibility index (Phi) is 7.53. The molecule has 1 unspecified atom stereocenters. The zero-order chi connectivity index (χ0) is 19.4. The van der Waals surface area contributed by atoms with Gasteiger partial charge in [-0.3, -0.25) is 9.78 Å². The van der Waals surface area contributed by atoms with Crippen LogP contribution >= 0.6 is 12.4 Å². The number of nitrogens with zero attached hydrogens (tertiary/aromatic N) is 4. The molecule has 0 saturated carbocycles. The molecule has 2 aromatic rings. The molecule has 0 aliphatic carbocycles. The van der Waals surface area contributed by atoms with Gasteiger partial charge in [-0.2, -0.15) is 0 Å². The molecule has 1 aliphatic heterocycles. The first kappa shape index (κ1) is 22.3. The maximum absolute atomic E-state index is 12.7. The summed E-state index contributed by atoms with van der Waals surface area (Å²) in [6.07, 6.45) is 4.99. The van der Waals surface area contributed by atoms with Crippen LogP contribution in [0.5, 0.6) is 0 Å². The second-order valence-corrected chi connectivity index (χ2v) is 8.19. The zero-order valence-corrected chi connectivity index (χ0v) is 17.5. The molecule has 3 heterocycles. The second-order valence-electron chi connectivity index (χ2n) is 6.48. The topological polar surface area (TPSA) is 109 Å². The first-order valence-electron chi connectivity index (χ1n) is 8.78. The van der Waals surface area contributed by atoms with Crippen LogP contribution in [0.3, 0.4) is 0 Å². The van der Waals surface area contributed by atoms with E-state index in [1.807, 2.05) is 12.1 Å². The van der Waals surface area contributed by atoms with Gasteiger partial charge in [0, 0.05) is 58.2 Å². The van der Waals surface area contributed by atoms with Crippen LogP contribution in [0.4, 0.5) is 0 Å². The average Bonchev–Trinajstić information content (AvgIpc) is 3.02. The van der Waals surface area contributed by atoms with Gasteiger partial charge in [-0.05, 0) is 18.6 Å². The number of pyridine rings is 1. The number of hydrogen-bond donors (Lipinski definition) is 2. The molecule has 1 fully saturated rings. The molecule has 28 heavy (non-hydrogen) atoms. The minimum absolute atomic E-state index is 0. The quantitative estimate of drug-likeness (QED) is 0.688. The molecular weight excluding hydrogens is 404 g/mol. The standard InChI is InChI=1S/C17H24N6O3S.ClH/c1-13-21-16(12-22(13)2)27(25,26)20-7-5-17(24)23-9-8-19-11-15(23)14-4-3-6-18-10-14;/h3-4,6,10,12,15,19-20H,5,7-9,11H2,1-2H3;1H. The number of nitrogens with one attached hydrogen (secondary N) is 2. The Morgan fingerprint density at radius 2 is 2.21 bits per heavy atom. The Labute approximate surface area is 171 Å². The highest BCUT2D eigenvalue weighted by atomic mass is 35.5. The number of piperazine rings is 1. The minimum atomic E-state index is -3.73. The minimum Gasteiger partial charge on any atom is -0.337 e. The Morgan fingerprint density at radius 1 is 1.43 bits per heavy atom. The molecule has 0 spiro atoms. The summed E-state index contributed by atoms with van der Waals surface area (Å²) < 4.78 is 28.7. The summed E-state index contributed by atoms with van der Waals surface area (Å²) in [4.78, 5) is 22.6. The van der Waals surface area contributed by atoms with Gasteiger partial charge in [0.25, 0.3) is 10.0 Å². The molecule has 2 N–H and O–H groups in total. The van der Waals surface area contributed by atoms with Gasteiger partial charge in [0.1, 0.15) is 5.82 Å². The fourth-order valence-corrected chi connectivity index (χ4v) is 4.11. The van der Waals surface area contributed by atoms with E-state index in [4.69, 9.17) is 0 Å². The van der Waals surface area contributed by atoms with Gasteiger partial charge in [-0.25, -0.2) is 18.1 Å². The highest BCUT2D eigenvalue weighted by Crippen LogP contribution is 2.22. The van der Waals surface area contributed by atoms with Crippen molar-refractivity contribution in [2.75, 3.05) is 26.2 Å². The predicted octanol–water partition coefficient (Wildman–Crippen LogP) is 0.387. The van der Waals surface area contributed by atoms with Crippen LogP contribution in [0.15, 0.2) is 35.7 Å². The van der Waals surface area contributed by atoms with E-state index < -0.39 is 10.0 Å². The zero-order valence-electron chi connectivity index (χ0n) is 15.8. The number of imidazole rings is 1. The lowest BCUT2D eigenvalue weighted by molar-refractivity contribution is -0.134. The van der Waals surface area contributed by atoms with Crippen molar-refractivity contribution >= 4 is 28.3 Å². The van der Waals surface area contributed by atoms with Crippen molar-refractivity contribution in [3.8, 4) is 0 Å². The Hall–Kier alpha value is -2.01.